The molecular formula is C15H13F2NO. The van der Waals surface area contributed by atoms with Gasteiger partial charge in [0.2, 0.25) is 0 Å². The van der Waals surface area contributed by atoms with Gasteiger partial charge in [-0.25, -0.2) is 8.78 Å². The van der Waals surface area contributed by atoms with E-state index in [1.165, 1.54) is 6.07 Å². The van der Waals surface area contributed by atoms with Crippen LogP contribution in [-0.2, 0) is 11.2 Å². The van der Waals surface area contributed by atoms with Gasteiger partial charge in [0.15, 0.2) is 5.78 Å². The zero-order valence-corrected chi connectivity index (χ0v) is 10.1. The number of nitrogens with two attached hydrogens (primary N) is 1. The van der Waals surface area contributed by atoms with Crippen molar-refractivity contribution in [1.82, 2.24) is 0 Å². The van der Waals surface area contributed by atoms with E-state index in [0.29, 0.717) is 5.56 Å². The van der Waals surface area contributed by atoms with E-state index in [2.05, 4.69) is 0 Å². The lowest BCUT2D eigenvalue weighted by Gasteiger charge is -2.11. The third kappa shape index (κ3) is 3.03. The van der Waals surface area contributed by atoms with Gasteiger partial charge in [-0.3, -0.25) is 4.79 Å². The molecule has 0 aromatic heterocycles. The summed E-state index contributed by atoms with van der Waals surface area (Å²) in [5.41, 5.74) is 6.18. The summed E-state index contributed by atoms with van der Waals surface area (Å²) in [6.07, 6.45) is -0.353. The molecule has 0 saturated carbocycles. The summed E-state index contributed by atoms with van der Waals surface area (Å²) in [7, 11) is 0. The summed E-state index contributed by atoms with van der Waals surface area (Å²) in [4.78, 5) is 12.0. The predicted octanol–water partition coefficient (Wildman–Crippen LogP) is 2.78. The Bertz CT molecular complexity index is 564. The average Bonchev–Trinajstić information content (AvgIpc) is 2.43. The monoisotopic (exact) mass is 261 g/mol. The van der Waals surface area contributed by atoms with E-state index < -0.39 is 23.5 Å². The Labute approximate surface area is 109 Å². The molecule has 2 aromatic carbocycles. The minimum absolute atomic E-state index is 0.237. The second-order valence-electron chi connectivity index (χ2n) is 4.23. The number of carbonyl (C=O) groups excluding carboxylic acids is 1. The van der Waals surface area contributed by atoms with Crippen LogP contribution in [0.25, 0.3) is 0 Å². The van der Waals surface area contributed by atoms with E-state index in [1.807, 2.05) is 0 Å². The minimum Gasteiger partial charge on any atom is -0.318 e. The molecule has 0 spiro atoms. The van der Waals surface area contributed by atoms with E-state index in [-0.39, 0.29) is 12.0 Å². The van der Waals surface area contributed by atoms with Gasteiger partial charge in [0.05, 0.1) is 6.04 Å². The molecule has 0 aliphatic heterocycles. The Morgan fingerprint density at radius 1 is 1.00 bits per heavy atom. The molecule has 0 aliphatic carbocycles. The van der Waals surface area contributed by atoms with Crippen LogP contribution in [0, 0.1) is 11.6 Å². The zero-order valence-electron chi connectivity index (χ0n) is 10.1. The lowest BCUT2D eigenvalue weighted by Crippen LogP contribution is -2.23. The molecule has 0 radical (unpaired) electrons. The van der Waals surface area contributed by atoms with Gasteiger partial charge in [0.25, 0.3) is 0 Å². The van der Waals surface area contributed by atoms with Crippen LogP contribution in [0.1, 0.15) is 17.2 Å². The fraction of sp³-hybridized carbons (Fsp3) is 0.133. The second kappa shape index (κ2) is 5.71. The Kier molecular flexibility index (Phi) is 4.02. The van der Waals surface area contributed by atoms with Crippen molar-refractivity contribution in [2.75, 3.05) is 0 Å². The number of rotatable bonds is 4. The molecule has 0 bridgehead atoms. The van der Waals surface area contributed by atoms with Gasteiger partial charge >= 0.3 is 0 Å². The van der Waals surface area contributed by atoms with Gasteiger partial charge in [0, 0.05) is 12.0 Å². The lowest BCUT2D eigenvalue weighted by atomic mass is 9.98. The van der Waals surface area contributed by atoms with Crippen molar-refractivity contribution in [2.24, 2.45) is 5.73 Å². The van der Waals surface area contributed by atoms with Crippen molar-refractivity contribution in [3.8, 4) is 0 Å². The molecule has 0 aliphatic rings. The number of hydrogen-bond donors (Lipinski definition) is 1. The first-order valence-electron chi connectivity index (χ1n) is 5.85. The fourth-order valence-electron chi connectivity index (χ4n) is 1.83. The normalized spacial score (nSPS) is 12.2. The fourth-order valence-corrected chi connectivity index (χ4v) is 1.83. The highest BCUT2D eigenvalue weighted by Gasteiger charge is 2.19. The molecule has 0 fully saturated rings. The first-order valence-corrected chi connectivity index (χ1v) is 5.85. The highest BCUT2D eigenvalue weighted by molar-refractivity contribution is 5.87. The number of benzene rings is 2. The van der Waals surface area contributed by atoms with Crippen LogP contribution >= 0.6 is 0 Å². The summed E-state index contributed by atoms with van der Waals surface area (Å²) in [6.45, 7) is 0. The Morgan fingerprint density at radius 2 is 1.58 bits per heavy atom. The molecule has 0 saturated heterocycles. The van der Waals surface area contributed by atoms with Crippen LogP contribution < -0.4 is 5.73 Å². The van der Waals surface area contributed by atoms with Crippen molar-refractivity contribution in [2.45, 2.75) is 12.5 Å². The summed E-state index contributed by atoms with van der Waals surface area (Å²) in [6, 6.07) is 11.4. The van der Waals surface area contributed by atoms with Crippen molar-refractivity contribution in [1.29, 1.82) is 0 Å². The SMILES string of the molecule is N[C@@H](C(=O)Cc1c(F)cccc1F)c1ccccc1. The topological polar surface area (TPSA) is 43.1 Å². The van der Waals surface area contributed by atoms with Crippen molar-refractivity contribution >= 4 is 5.78 Å². The Hall–Kier alpha value is -2.07. The maximum Gasteiger partial charge on any atom is 0.158 e. The lowest BCUT2D eigenvalue weighted by molar-refractivity contribution is -0.119. The minimum atomic E-state index is -0.875. The quantitative estimate of drug-likeness (QED) is 0.919. The van der Waals surface area contributed by atoms with E-state index in [4.69, 9.17) is 5.73 Å². The first kappa shape index (κ1) is 13.4. The molecule has 0 heterocycles. The van der Waals surface area contributed by atoms with Crippen molar-refractivity contribution in [3.05, 3.63) is 71.3 Å². The van der Waals surface area contributed by atoms with Gasteiger partial charge in [-0.2, -0.15) is 0 Å². The molecule has 98 valence electrons. The third-order valence-corrected chi connectivity index (χ3v) is 2.92. The molecule has 2 N–H and O–H groups in total. The van der Waals surface area contributed by atoms with E-state index >= 15 is 0 Å². The largest absolute Gasteiger partial charge is 0.318 e. The zero-order chi connectivity index (χ0) is 13.8. The Morgan fingerprint density at radius 3 is 2.16 bits per heavy atom. The van der Waals surface area contributed by atoms with Gasteiger partial charge in [-0.15, -0.1) is 0 Å². The van der Waals surface area contributed by atoms with Crippen LogP contribution in [0.15, 0.2) is 48.5 Å². The van der Waals surface area contributed by atoms with Crippen molar-refractivity contribution < 1.29 is 13.6 Å². The number of ketones is 1. The molecule has 2 rings (SSSR count). The molecule has 1 atom stereocenters. The molecule has 2 nitrogen and oxygen atoms in total. The number of halogens is 2. The molecule has 19 heavy (non-hydrogen) atoms. The summed E-state index contributed by atoms with van der Waals surface area (Å²) < 4.78 is 26.9. The third-order valence-electron chi connectivity index (χ3n) is 2.92. The molecule has 4 heteroatoms. The molecule has 0 unspecified atom stereocenters. The summed E-state index contributed by atoms with van der Waals surface area (Å²) in [5.74, 6) is -1.88. The van der Waals surface area contributed by atoms with E-state index in [0.717, 1.165) is 12.1 Å². The molecule has 2 aromatic rings. The Balaban J connectivity index is 2.18. The summed E-state index contributed by atoms with van der Waals surface area (Å²) >= 11 is 0. The van der Waals surface area contributed by atoms with Crippen molar-refractivity contribution in [3.63, 3.8) is 0 Å². The maximum absolute atomic E-state index is 13.4. The standard InChI is InChI=1S/C15H13F2NO/c16-12-7-4-8-13(17)11(12)9-14(19)15(18)10-5-2-1-3-6-10/h1-8,15H,9,18H2/t15-/m1/s1. The van der Waals surface area contributed by atoms with Gasteiger partial charge in [-0.05, 0) is 17.7 Å². The molecule has 0 amide bonds. The highest BCUT2D eigenvalue weighted by atomic mass is 19.1. The van der Waals surface area contributed by atoms with Gasteiger partial charge < -0.3 is 5.73 Å². The van der Waals surface area contributed by atoms with Crippen LogP contribution in [0.5, 0.6) is 0 Å². The highest BCUT2D eigenvalue weighted by Crippen LogP contribution is 2.17. The number of hydrogen-bond acceptors (Lipinski definition) is 2. The second-order valence-corrected chi connectivity index (χ2v) is 4.23. The van der Waals surface area contributed by atoms with E-state index in [1.54, 1.807) is 30.3 Å². The first-order chi connectivity index (χ1) is 9.09. The summed E-state index contributed by atoms with van der Waals surface area (Å²) in [5, 5.41) is 0. The van der Waals surface area contributed by atoms with E-state index in [9.17, 15) is 13.6 Å². The van der Waals surface area contributed by atoms with Gasteiger partial charge in [-0.1, -0.05) is 36.4 Å². The van der Waals surface area contributed by atoms with Crippen LogP contribution in [0.3, 0.4) is 0 Å². The average molecular weight is 261 g/mol. The van der Waals surface area contributed by atoms with Crippen LogP contribution in [-0.4, -0.2) is 5.78 Å². The van der Waals surface area contributed by atoms with Gasteiger partial charge in [0.1, 0.15) is 11.6 Å². The maximum atomic E-state index is 13.4. The number of Topliss-reactive ketones (excluding diaryl/α,β-unsaturated/α-hetero) is 1. The smallest absolute Gasteiger partial charge is 0.158 e. The molecular weight excluding hydrogens is 248 g/mol. The van der Waals surface area contributed by atoms with Crippen LogP contribution in [0.2, 0.25) is 0 Å². The predicted molar refractivity (Wildman–Crippen MR) is 68.4 cm³/mol. The number of carbonyl (C=O) groups is 1. The van der Waals surface area contributed by atoms with Crippen LogP contribution in [0.4, 0.5) is 8.78 Å².